The van der Waals surface area contributed by atoms with Gasteiger partial charge in [-0.05, 0) is 48.9 Å². The molecule has 0 saturated heterocycles. The molecule has 0 fully saturated rings. The molecule has 1 atom stereocenters. The van der Waals surface area contributed by atoms with Gasteiger partial charge in [-0.2, -0.15) is 0 Å². The van der Waals surface area contributed by atoms with E-state index in [0.717, 1.165) is 17.7 Å². The molecular weight excluding hydrogens is 302 g/mol. The van der Waals surface area contributed by atoms with E-state index in [0.29, 0.717) is 22.9 Å². The van der Waals surface area contributed by atoms with Gasteiger partial charge in [0.05, 0.1) is 11.4 Å². The largest absolute Gasteiger partial charge is 0.486 e. The fraction of sp³-hybridized carbons (Fsp3) is 0.158. The van der Waals surface area contributed by atoms with Gasteiger partial charge in [0.15, 0.2) is 0 Å². The molecule has 0 aliphatic carbocycles. The van der Waals surface area contributed by atoms with Crippen molar-refractivity contribution >= 4 is 11.4 Å². The minimum Gasteiger partial charge on any atom is -0.486 e. The third-order valence-electron chi connectivity index (χ3n) is 3.76. The van der Waals surface area contributed by atoms with Crippen molar-refractivity contribution in [3.05, 3.63) is 66.5 Å². The Labute approximate surface area is 141 Å². The van der Waals surface area contributed by atoms with Crippen molar-refractivity contribution in [2.45, 2.75) is 19.4 Å². The number of anilines is 2. The zero-order chi connectivity index (χ0) is 16.9. The summed E-state index contributed by atoms with van der Waals surface area (Å²) < 4.78 is 11.8. The van der Waals surface area contributed by atoms with Crippen LogP contribution in [0.15, 0.2) is 60.9 Å². The third kappa shape index (κ3) is 3.63. The van der Waals surface area contributed by atoms with Crippen molar-refractivity contribution in [1.29, 1.82) is 0 Å². The minimum atomic E-state index is 0.0277. The van der Waals surface area contributed by atoms with Crippen LogP contribution in [0.3, 0.4) is 0 Å². The second-order valence-electron chi connectivity index (χ2n) is 5.52. The first kappa shape index (κ1) is 15.8. The van der Waals surface area contributed by atoms with E-state index in [1.54, 1.807) is 18.2 Å². The van der Waals surface area contributed by atoms with E-state index in [9.17, 15) is 0 Å². The Morgan fingerprint density at radius 2 is 1.62 bits per heavy atom. The number of hydrogen-bond acceptors (Lipinski definition) is 4. The maximum Gasteiger partial charge on any atom is 0.129 e. The molecule has 5 N–H and O–H groups in total. The van der Waals surface area contributed by atoms with Gasteiger partial charge in [0.25, 0.3) is 0 Å². The van der Waals surface area contributed by atoms with Gasteiger partial charge in [-0.25, -0.2) is 0 Å². The standard InChI is InChI=1S/C19H21N3O2/c1-2-19(13-9-10-22-12-13)24-15-5-3-14(4-6-15)23-16-7-8-17(20)18(21)11-16/h3-12,19,22H,2,20-21H2,1H3. The maximum absolute atomic E-state index is 6.04. The number of aromatic nitrogens is 1. The zero-order valence-corrected chi connectivity index (χ0v) is 13.5. The summed E-state index contributed by atoms with van der Waals surface area (Å²) in [4.78, 5) is 3.06. The summed E-state index contributed by atoms with van der Waals surface area (Å²) in [7, 11) is 0. The summed E-state index contributed by atoms with van der Waals surface area (Å²) in [5, 5.41) is 0. The fourth-order valence-corrected chi connectivity index (χ4v) is 2.43. The van der Waals surface area contributed by atoms with Crippen LogP contribution in [0.4, 0.5) is 11.4 Å². The Kier molecular flexibility index (Phi) is 4.61. The lowest BCUT2D eigenvalue weighted by molar-refractivity contribution is 0.201. The predicted octanol–water partition coefficient (Wildman–Crippen LogP) is 4.50. The lowest BCUT2D eigenvalue weighted by Crippen LogP contribution is -2.05. The zero-order valence-electron chi connectivity index (χ0n) is 13.5. The molecule has 2 aromatic carbocycles. The number of hydrogen-bond donors (Lipinski definition) is 3. The van der Waals surface area contributed by atoms with E-state index in [2.05, 4.69) is 11.9 Å². The van der Waals surface area contributed by atoms with Crippen LogP contribution in [-0.4, -0.2) is 4.98 Å². The molecule has 0 radical (unpaired) electrons. The Morgan fingerprint density at radius 3 is 2.25 bits per heavy atom. The maximum atomic E-state index is 6.04. The number of nitrogens with one attached hydrogen (secondary N) is 1. The molecular formula is C19H21N3O2. The third-order valence-corrected chi connectivity index (χ3v) is 3.76. The lowest BCUT2D eigenvalue weighted by atomic mass is 10.1. The smallest absolute Gasteiger partial charge is 0.129 e. The molecule has 0 saturated carbocycles. The highest BCUT2D eigenvalue weighted by Crippen LogP contribution is 2.29. The molecule has 5 nitrogen and oxygen atoms in total. The quantitative estimate of drug-likeness (QED) is 0.583. The van der Waals surface area contributed by atoms with Crippen molar-refractivity contribution in [1.82, 2.24) is 4.98 Å². The molecule has 0 amide bonds. The summed E-state index contributed by atoms with van der Waals surface area (Å²) in [5.74, 6) is 2.16. The predicted molar refractivity (Wildman–Crippen MR) is 96.2 cm³/mol. The molecule has 5 heteroatoms. The summed E-state index contributed by atoms with van der Waals surface area (Å²) in [6.07, 6.45) is 4.77. The van der Waals surface area contributed by atoms with Gasteiger partial charge in [-0.3, -0.25) is 0 Å². The molecule has 124 valence electrons. The van der Waals surface area contributed by atoms with Gasteiger partial charge in [-0.1, -0.05) is 6.92 Å². The number of benzene rings is 2. The van der Waals surface area contributed by atoms with E-state index >= 15 is 0 Å². The highest BCUT2D eigenvalue weighted by molar-refractivity contribution is 5.65. The lowest BCUT2D eigenvalue weighted by Gasteiger charge is -2.17. The first-order valence-corrected chi connectivity index (χ1v) is 7.88. The molecule has 0 aliphatic rings. The highest BCUT2D eigenvalue weighted by atomic mass is 16.5. The van der Waals surface area contributed by atoms with Crippen molar-refractivity contribution in [3.63, 3.8) is 0 Å². The van der Waals surface area contributed by atoms with Gasteiger partial charge in [-0.15, -0.1) is 0 Å². The molecule has 3 aromatic rings. The van der Waals surface area contributed by atoms with Crippen LogP contribution in [0.5, 0.6) is 17.2 Å². The highest BCUT2D eigenvalue weighted by Gasteiger charge is 2.11. The van der Waals surface area contributed by atoms with Crippen LogP contribution in [-0.2, 0) is 0 Å². The van der Waals surface area contributed by atoms with Crippen LogP contribution in [0.1, 0.15) is 25.0 Å². The Balaban J connectivity index is 1.67. The summed E-state index contributed by atoms with van der Waals surface area (Å²) in [5.41, 5.74) is 13.7. The number of rotatable bonds is 6. The average molecular weight is 323 g/mol. The van der Waals surface area contributed by atoms with Crippen molar-refractivity contribution in [2.75, 3.05) is 11.5 Å². The van der Waals surface area contributed by atoms with E-state index in [1.807, 2.05) is 42.7 Å². The molecule has 0 bridgehead atoms. The van der Waals surface area contributed by atoms with Crippen LogP contribution in [0, 0.1) is 0 Å². The van der Waals surface area contributed by atoms with Gasteiger partial charge in [0, 0.05) is 24.0 Å². The van der Waals surface area contributed by atoms with Crippen molar-refractivity contribution in [2.24, 2.45) is 0 Å². The van der Waals surface area contributed by atoms with Crippen LogP contribution in [0.2, 0.25) is 0 Å². The first-order chi connectivity index (χ1) is 11.7. The monoisotopic (exact) mass is 323 g/mol. The van der Waals surface area contributed by atoms with Crippen LogP contribution in [0.25, 0.3) is 0 Å². The van der Waals surface area contributed by atoms with E-state index in [4.69, 9.17) is 20.9 Å². The summed E-state index contributed by atoms with van der Waals surface area (Å²) in [6, 6.07) is 14.8. The number of H-pyrrole nitrogens is 1. The van der Waals surface area contributed by atoms with Gasteiger partial charge in [0.2, 0.25) is 0 Å². The topological polar surface area (TPSA) is 86.3 Å². The molecule has 1 aromatic heterocycles. The fourth-order valence-electron chi connectivity index (χ4n) is 2.43. The Bertz CT molecular complexity index is 783. The second-order valence-corrected chi connectivity index (χ2v) is 5.52. The molecule has 3 rings (SSSR count). The summed E-state index contributed by atoms with van der Waals surface area (Å²) in [6.45, 7) is 2.10. The van der Waals surface area contributed by atoms with Crippen LogP contribution < -0.4 is 20.9 Å². The Hall–Kier alpha value is -3.08. The summed E-state index contributed by atoms with van der Waals surface area (Å²) >= 11 is 0. The molecule has 0 aliphatic heterocycles. The normalized spacial score (nSPS) is 11.9. The molecule has 24 heavy (non-hydrogen) atoms. The molecule has 1 heterocycles. The first-order valence-electron chi connectivity index (χ1n) is 7.88. The number of nitrogens with two attached hydrogens (primary N) is 2. The number of nitrogen functional groups attached to an aromatic ring is 2. The van der Waals surface area contributed by atoms with Gasteiger partial charge in [0.1, 0.15) is 23.4 Å². The van der Waals surface area contributed by atoms with E-state index in [1.165, 1.54) is 0 Å². The van der Waals surface area contributed by atoms with Crippen LogP contribution >= 0.6 is 0 Å². The number of ether oxygens (including phenoxy) is 2. The van der Waals surface area contributed by atoms with Crippen molar-refractivity contribution in [3.8, 4) is 17.2 Å². The van der Waals surface area contributed by atoms with E-state index in [-0.39, 0.29) is 6.10 Å². The SMILES string of the molecule is CCC(Oc1ccc(Oc2ccc(N)c(N)c2)cc1)c1cc[nH]c1. The molecule has 0 spiro atoms. The average Bonchev–Trinajstić information content (AvgIpc) is 3.12. The van der Waals surface area contributed by atoms with Gasteiger partial charge >= 0.3 is 0 Å². The van der Waals surface area contributed by atoms with Gasteiger partial charge < -0.3 is 25.9 Å². The second kappa shape index (κ2) is 7.00. The van der Waals surface area contributed by atoms with E-state index < -0.39 is 0 Å². The Morgan fingerprint density at radius 1 is 0.917 bits per heavy atom. The molecule has 1 unspecified atom stereocenters. The van der Waals surface area contributed by atoms with Crippen molar-refractivity contribution < 1.29 is 9.47 Å². The number of aromatic amines is 1. The minimum absolute atomic E-state index is 0.0277.